The summed E-state index contributed by atoms with van der Waals surface area (Å²) in [5.41, 5.74) is 1.98. The molecule has 0 bridgehead atoms. The zero-order valence-electron chi connectivity index (χ0n) is 17.1. The maximum absolute atomic E-state index is 12.7. The molecular formula is C22H31N5O. The Bertz CT molecular complexity index is 757. The van der Waals surface area contributed by atoms with E-state index in [0.717, 1.165) is 39.3 Å². The van der Waals surface area contributed by atoms with Gasteiger partial charge >= 0.3 is 0 Å². The average Bonchev–Trinajstić information content (AvgIpc) is 2.70. The van der Waals surface area contributed by atoms with Crippen molar-refractivity contribution in [2.45, 2.75) is 19.5 Å². The Labute approximate surface area is 168 Å². The Morgan fingerprint density at radius 2 is 1.75 bits per heavy atom. The van der Waals surface area contributed by atoms with Crippen molar-refractivity contribution >= 4 is 11.7 Å². The van der Waals surface area contributed by atoms with Crippen LogP contribution in [0.25, 0.3) is 0 Å². The van der Waals surface area contributed by atoms with E-state index in [2.05, 4.69) is 57.4 Å². The summed E-state index contributed by atoms with van der Waals surface area (Å²) in [6.07, 6.45) is 1.71. The van der Waals surface area contributed by atoms with Crippen molar-refractivity contribution in [1.29, 1.82) is 0 Å². The third-order valence-corrected chi connectivity index (χ3v) is 5.08. The predicted molar refractivity (Wildman–Crippen MR) is 114 cm³/mol. The van der Waals surface area contributed by atoms with Crippen molar-refractivity contribution in [2.75, 3.05) is 51.7 Å². The molecule has 1 aromatic heterocycles. The van der Waals surface area contributed by atoms with Gasteiger partial charge in [0.25, 0.3) is 5.91 Å². The van der Waals surface area contributed by atoms with Crippen molar-refractivity contribution < 1.29 is 4.79 Å². The summed E-state index contributed by atoms with van der Waals surface area (Å²) in [5, 5.41) is 3.13. The van der Waals surface area contributed by atoms with E-state index in [9.17, 15) is 4.79 Å². The highest BCUT2D eigenvalue weighted by Gasteiger charge is 2.21. The quantitative estimate of drug-likeness (QED) is 0.796. The third-order valence-electron chi connectivity index (χ3n) is 5.08. The van der Waals surface area contributed by atoms with Gasteiger partial charge in [0, 0.05) is 65.6 Å². The Hall–Kier alpha value is -2.44. The summed E-state index contributed by atoms with van der Waals surface area (Å²) in [5.74, 6) is 0.633. The van der Waals surface area contributed by atoms with Gasteiger partial charge in [-0.15, -0.1) is 0 Å². The molecule has 150 valence electrons. The van der Waals surface area contributed by atoms with Gasteiger partial charge in [0.05, 0.1) is 5.56 Å². The van der Waals surface area contributed by atoms with Crippen LogP contribution in [0.2, 0.25) is 0 Å². The number of carbonyl (C=O) groups is 1. The largest absolute Gasteiger partial charge is 0.362 e. The fourth-order valence-corrected chi connectivity index (χ4v) is 3.64. The fourth-order valence-electron chi connectivity index (χ4n) is 3.64. The van der Waals surface area contributed by atoms with Crippen LogP contribution in [0.1, 0.15) is 22.8 Å². The Balaban J connectivity index is 1.46. The van der Waals surface area contributed by atoms with Crippen LogP contribution in [-0.4, -0.2) is 73.6 Å². The summed E-state index contributed by atoms with van der Waals surface area (Å²) in [6.45, 7) is 8.12. The van der Waals surface area contributed by atoms with Crippen LogP contribution >= 0.6 is 0 Å². The van der Waals surface area contributed by atoms with E-state index in [1.165, 1.54) is 5.56 Å². The van der Waals surface area contributed by atoms with E-state index in [1.54, 1.807) is 12.3 Å². The standard InChI is InChI=1S/C22H31N5O/c1-18(24-22(28)20-10-7-11-23-21(20)25(2)3)16-26-12-14-27(15-13-26)17-19-8-5-4-6-9-19/h4-11,18H,12-17H2,1-3H3,(H,24,28)/t18-/m0/s1. The maximum Gasteiger partial charge on any atom is 0.255 e. The van der Waals surface area contributed by atoms with Crippen LogP contribution in [0.5, 0.6) is 0 Å². The summed E-state index contributed by atoms with van der Waals surface area (Å²) < 4.78 is 0. The lowest BCUT2D eigenvalue weighted by molar-refractivity contribution is 0.0901. The number of rotatable bonds is 7. The molecule has 1 N–H and O–H groups in total. The number of nitrogens with one attached hydrogen (secondary N) is 1. The number of anilines is 1. The van der Waals surface area contributed by atoms with Crippen molar-refractivity contribution in [3.63, 3.8) is 0 Å². The highest BCUT2D eigenvalue weighted by molar-refractivity contribution is 5.98. The van der Waals surface area contributed by atoms with Crippen molar-refractivity contribution in [3.05, 3.63) is 59.8 Å². The molecule has 1 atom stereocenters. The smallest absolute Gasteiger partial charge is 0.255 e. The fraction of sp³-hybridized carbons (Fsp3) is 0.455. The number of hydrogen-bond donors (Lipinski definition) is 1. The second kappa shape index (κ2) is 9.66. The van der Waals surface area contributed by atoms with E-state index in [1.807, 2.05) is 25.1 Å². The van der Waals surface area contributed by atoms with Crippen LogP contribution < -0.4 is 10.2 Å². The predicted octanol–water partition coefficient (Wildman–Crippen LogP) is 2.08. The molecule has 1 aliphatic heterocycles. The second-order valence-corrected chi connectivity index (χ2v) is 7.71. The number of hydrogen-bond acceptors (Lipinski definition) is 5. The van der Waals surface area contributed by atoms with Crippen LogP contribution in [0.4, 0.5) is 5.82 Å². The van der Waals surface area contributed by atoms with Gasteiger partial charge in [-0.05, 0) is 24.6 Å². The molecule has 0 unspecified atom stereocenters. The lowest BCUT2D eigenvalue weighted by Gasteiger charge is -2.36. The molecule has 1 saturated heterocycles. The highest BCUT2D eigenvalue weighted by atomic mass is 16.1. The molecular weight excluding hydrogens is 350 g/mol. The molecule has 6 heteroatoms. The molecule has 3 rings (SSSR count). The molecule has 0 spiro atoms. The summed E-state index contributed by atoms with van der Waals surface area (Å²) >= 11 is 0. The van der Waals surface area contributed by atoms with Gasteiger partial charge in [-0.1, -0.05) is 30.3 Å². The van der Waals surface area contributed by atoms with Gasteiger partial charge in [-0.3, -0.25) is 14.6 Å². The van der Waals surface area contributed by atoms with E-state index >= 15 is 0 Å². The first-order valence-electron chi connectivity index (χ1n) is 9.95. The van der Waals surface area contributed by atoms with E-state index in [-0.39, 0.29) is 11.9 Å². The zero-order valence-corrected chi connectivity index (χ0v) is 17.1. The molecule has 2 heterocycles. The molecule has 28 heavy (non-hydrogen) atoms. The summed E-state index contributed by atoms with van der Waals surface area (Å²) in [6, 6.07) is 14.3. The SMILES string of the molecule is C[C@@H](CN1CCN(Cc2ccccc2)CC1)NC(=O)c1cccnc1N(C)C. The lowest BCUT2D eigenvalue weighted by atomic mass is 10.2. The molecule has 0 radical (unpaired) electrons. The molecule has 2 aromatic rings. The van der Waals surface area contributed by atoms with E-state index in [0.29, 0.717) is 11.4 Å². The van der Waals surface area contributed by atoms with E-state index < -0.39 is 0 Å². The monoisotopic (exact) mass is 381 g/mol. The first-order chi connectivity index (χ1) is 13.5. The number of aromatic nitrogens is 1. The zero-order chi connectivity index (χ0) is 19.9. The van der Waals surface area contributed by atoms with Crippen LogP contribution in [-0.2, 0) is 6.54 Å². The summed E-state index contributed by atoms with van der Waals surface area (Å²) in [4.78, 5) is 23.8. The Morgan fingerprint density at radius 3 is 2.43 bits per heavy atom. The van der Waals surface area contributed by atoms with Gasteiger partial charge in [0.2, 0.25) is 0 Å². The number of nitrogens with zero attached hydrogens (tertiary/aromatic N) is 4. The number of pyridine rings is 1. The second-order valence-electron chi connectivity index (χ2n) is 7.71. The number of amides is 1. The van der Waals surface area contributed by atoms with Gasteiger partial charge in [0.1, 0.15) is 5.82 Å². The lowest BCUT2D eigenvalue weighted by Crippen LogP contribution is -2.50. The van der Waals surface area contributed by atoms with Crippen molar-refractivity contribution in [2.24, 2.45) is 0 Å². The molecule has 0 aliphatic carbocycles. The van der Waals surface area contributed by atoms with Crippen molar-refractivity contribution in [3.8, 4) is 0 Å². The van der Waals surface area contributed by atoms with Gasteiger partial charge in [-0.2, -0.15) is 0 Å². The van der Waals surface area contributed by atoms with Crippen LogP contribution in [0, 0.1) is 0 Å². The van der Waals surface area contributed by atoms with Crippen LogP contribution in [0.3, 0.4) is 0 Å². The van der Waals surface area contributed by atoms with Crippen LogP contribution in [0.15, 0.2) is 48.7 Å². The first-order valence-corrected chi connectivity index (χ1v) is 9.95. The minimum absolute atomic E-state index is 0.0630. The normalized spacial score (nSPS) is 16.5. The highest BCUT2D eigenvalue weighted by Crippen LogP contribution is 2.14. The molecule has 0 saturated carbocycles. The average molecular weight is 382 g/mol. The molecule has 1 amide bonds. The molecule has 1 aromatic carbocycles. The third kappa shape index (κ3) is 5.53. The molecule has 1 aliphatic rings. The van der Waals surface area contributed by atoms with Gasteiger partial charge in [-0.25, -0.2) is 4.98 Å². The first kappa shape index (κ1) is 20.3. The topological polar surface area (TPSA) is 51.7 Å². The maximum atomic E-state index is 12.7. The molecule has 6 nitrogen and oxygen atoms in total. The van der Waals surface area contributed by atoms with Gasteiger partial charge in [0.15, 0.2) is 0 Å². The minimum Gasteiger partial charge on any atom is -0.362 e. The number of benzene rings is 1. The Kier molecular flexibility index (Phi) is 7.01. The van der Waals surface area contributed by atoms with Gasteiger partial charge < -0.3 is 10.2 Å². The summed E-state index contributed by atoms with van der Waals surface area (Å²) in [7, 11) is 3.80. The van der Waals surface area contributed by atoms with E-state index in [4.69, 9.17) is 0 Å². The number of carbonyl (C=O) groups excluding carboxylic acids is 1. The number of piperazine rings is 1. The Morgan fingerprint density at radius 1 is 1.07 bits per heavy atom. The molecule has 1 fully saturated rings. The van der Waals surface area contributed by atoms with Crippen molar-refractivity contribution in [1.82, 2.24) is 20.1 Å². The minimum atomic E-state index is -0.0630.